The molecule has 0 aliphatic rings. The molecule has 0 spiro atoms. The SMILES string of the molecule is CC(=O)Oc1ccc(-c2csc(Nc3ccccc3Cl)n2)cc1. The van der Waals surface area contributed by atoms with Crippen LogP contribution in [0.25, 0.3) is 11.3 Å². The number of thiazole rings is 1. The maximum atomic E-state index is 10.9. The van der Waals surface area contributed by atoms with Crippen molar-refractivity contribution < 1.29 is 9.53 Å². The highest BCUT2D eigenvalue weighted by molar-refractivity contribution is 7.14. The van der Waals surface area contributed by atoms with E-state index in [0.29, 0.717) is 10.8 Å². The van der Waals surface area contributed by atoms with E-state index in [1.165, 1.54) is 18.3 Å². The number of hydrogen-bond acceptors (Lipinski definition) is 5. The van der Waals surface area contributed by atoms with Crippen molar-refractivity contribution in [1.29, 1.82) is 0 Å². The summed E-state index contributed by atoms with van der Waals surface area (Å²) in [6.45, 7) is 1.38. The molecule has 0 aliphatic heterocycles. The van der Waals surface area contributed by atoms with E-state index in [1.807, 2.05) is 41.8 Å². The van der Waals surface area contributed by atoms with Crippen molar-refractivity contribution in [2.75, 3.05) is 5.32 Å². The van der Waals surface area contributed by atoms with Crippen LogP contribution in [0, 0.1) is 0 Å². The van der Waals surface area contributed by atoms with Gasteiger partial charge in [0.1, 0.15) is 5.75 Å². The van der Waals surface area contributed by atoms with E-state index in [2.05, 4.69) is 10.3 Å². The predicted octanol–water partition coefficient (Wildman–Crippen LogP) is 5.13. The highest BCUT2D eigenvalue weighted by atomic mass is 35.5. The monoisotopic (exact) mass is 344 g/mol. The zero-order valence-corrected chi connectivity index (χ0v) is 13.8. The molecule has 0 saturated carbocycles. The maximum absolute atomic E-state index is 10.9. The number of carbonyl (C=O) groups is 1. The van der Waals surface area contributed by atoms with Crippen molar-refractivity contribution in [1.82, 2.24) is 4.98 Å². The maximum Gasteiger partial charge on any atom is 0.308 e. The third-order valence-electron chi connectivity index (χ3n) is 3.03. The van der Waals surface area contributed by atoms with Crippen LogP contribution < -0.4 is 10.1 Å². The first kappa shape index (κ1) is 15.5. The Kier molecular flexibility index (Phi) is 4.60. The summed E-state index contributed by atoms with van der Waals surface area (Å²) in [5, 5.41) is 6.57. The average Bonchev–Trinajstić information content (AvgIpc) is 2.98. The van der Waals surface area contributed by atoms with Crippen LogP contribution >= 0.6 is 22.9 Å². The number of halogens is 1. The molecule has 3 rings (SSSR count). The van der Waals surface area contributed by atoms with Gasteiger partial charge in [-0.05, 0) is 36.4 Å². The summed E-state index contributed by atoms with van der Waals surface area (Å²) in [7, 11) is 0. The second-order valence-corrected chi connectivity index (χ2v) is 6.03. The fourth-order valence-electron chi connectivity index (χ4n) is 2.00. The van der Waals surface area contributed by atoms with Crippen LogP contribution in [0.2, 0.25) is 5.02 Å². The van der Waals surface area contributed by atoms with E-state index in [0.717, 1.165) is 22.1 Å². The number of rotatable bonds is 4. The van der Waals surface area contributed by atoms with E-state index in [4.69, 9.17) is 16.3 Å². The summed E-state index contributed by atoms with van der Waals surface area (Å²) in [4.78, 5) is 15.5. The molecule has 1 N–H and O–H groups in total. The Morgan fingerprint density at radius 1 is 1.17 bits per heavy atom. The van der Waals surface area contributed by atoms with E-state index < -0.39 is 0 Å². The van der Waals surface area contributed by atoms with Gasteiger partial charge in [-0.1, -0.05) is 23.7 Å². The molecule has 0 unspecified atom stereocenters. The first-order valence-electron chi connectivity index (χ1n) is 6.88. The summed E-state index contributed by atoms with van der Waals surface area (Å²) >= 11 is 7.63. The number of carbonyl (C=O) groups excluding carboxylic acids is 1. The van der Waals surface area contributed by atoms with Gasteiger partial charge in [0.05, 0.1) is 16.4 Å². The molecule has 0 atom stereocenters. The molecule has 6 heteroatoms. The van der Waals surface area contributed by atoms with Gasteiger partial charge in [-0.2, -0.15) is 0 Å². The van der Waals surface area contributed by atoms with Gasteiger partial charge < -0.3 is 10.1 Å². The molecule has 116 valence electrons. The van der Waals surface area contributed by atoms with Crippen LogP contribution in [0.15, 0.2) is 53.9 Å². The first-order valence-corrected chi connectivity index (χ1v) is 8.13. The minimum Gasteiger partial charge on any atom is -0.427 e. The first-order chi connectivity index (χ1) is 11.1. The van der Waals surface area contributed by atoms with E-state index in [9.17, 15) is 4.79 Å². The summed E-state index contributed by atoms with van der Waals surface area (Å²) in [5.74, 6) is 0.184. The Balaban J connectivity index is 1.76. The van der Waals surface area contributed by atoms with Crippen molar-refractivity contribution in [3.8, 4) is 17.0 Å². The van der Waals surface area contributed by atoms with Gasteiger partial charge in [0.25, 0.3) is 0 Å². The van der Waals surface area contributed by atoms with Gasteiger partial charge in [-0.15, -0.1) is 11.3 Å². The number of esters is 1. The smallest absolute Gasteiger partial charge is 0.308 e. The molecule has 0 amide bonds. The third kappa shape index (κ3) is 3.88. The standard InChI is InChI=1S/C17H13ClN2O2S/c1-11(21)22-13-8-6-12(7-9-13)16-10-23-17(20-16)19-15-5-3-2-4-14(15)18/h2-10H,1H3,(H,19,20). The molecule has 0 bridgehead atoms. The summed E-state index contributed by atoms with van der Waals surface area (Å²) in [6.07, 6.45) is 0. The normalized spacial score (nSPS) is 10.3. The number of ether oxygens (including phenoxy) is 1. The van der Waals surface area contributed by atoms with Crippen LogP contribution in [-0.2, 0) is 4.79 Å². The van der Waals surface area contributed by atoms with Gasteiger partial charge in [-0.3, -0.25) is 4.79 Å². The molecule has 23 heavy (non-hydrogen) atoms. The zero-order valence-electron chi connectivity index (χ0n) is 12.2. The summed E-state index contributed by atoms with van der Waals surface area (Å²) in [6, 6.07) is 14.7. The van der Waals surface area contributed by atoms with Crippen LogP contribution in [0.5, 0.6) is 5.75 Å². The lowest BCUT2D eigenvalue weighted by molar-refractivity contribution is -0.131. The Morgan fingerprint density at radius 3 is 2.61 bits per heavy atom. The largest absolute Gasteiger partial charge is 0.427 e. The molecule has 0 aliphatic carbocycles. The Bertz CT molecular complexity index is 831. The average molecular weight is 345 g/mol. The summed E-state index contributed by atoms with van der Waals surface area (Å²) < 4.78 is 5.02. The van der Waals surface area contributed by atoms with Gasteiger partial charge in [0.15, 0.2) is 5.13 Å². The van der Waals surface area contributed by atoms with Crippen LogP contribution in [0.3, 0.4) is 0 Å². The van der Waals surface area contributed by atoms with E-state index in [-0.39, 0.29) is 5.97 Å². The van der Waals surface area contributed by atoms with E-state index >= 15 is 0 Å². The van der Waals surface area contributed by atoms with Gasteiger partial charge in [0, 0.05) is 17.9 Å². The van der Waals surface area contributed by atoms with Crippen LogP contribution in [0.1, 0.15) is 6.92 Å². The van der Waals surface area contributed by atoms with Crippen LogP contribution in [-0.4, -0.2) is 11.0 Å². The molecular weight excluding hydrogens is 332 g/mol. The Labute approximate surface area is 142 Å². The molecule has 2 aromatic carbocycles. The highest BCUT2D eigenvalue weighted by Gasteiger charge is 2.07. The van der Waals surface area contributed by atoms with Crippen LogP contribution in [0.4, 0.5) is 10.8 Å². The third-order valence-corrected chi connectivity index (χ3v) is 4.12. The minimum atomic E-state index is -0.336. The van der Waals surface area contributed by atoms with Crippen molar-refractivity contribution in [2.24, 2.45) is 0 Å². The number of aromatic nitrogens is 1. The molecule has 0 radical (unpaired) electrons. The fourth-order valence-corrected chi connectivity index (χ4v) is 2.92. The molecule has 0 saturated heterocycles. The zero-order chi connectivity index (χ0) is 16.2. The molecule has 0 fully saturated rings. The van der Waals surface area contributed by atoms with E-state index in [1.54, 1.807) is 12.1 Å². The molecule has 4 nitrogen and oxygen atoms in total. The summed E-state index contributed by atoms with van der Waals surface area (Å²) in [5.41, 5.74) is 2.61. The molecular formula is C17H13ClN2O2S. The Hall–Kier alpha value is -2.37. The molecule has 1 heterocycles. The lowest BCUT2D eigenvalue weighted by Crippen LogP contribution is -2.00. The van der Waals surface area contributed by atoms with Gasteiger partial charge in [-0.25, -0.2) is 4.98 Å². The second-order valence-electron chi connectivity index (χ2n) is 4.76. The number of hydrogen-bond donors (Lipinski definition) is 1. The second kappa shape index (κ2) is 6.81. The highest BCUT2D eigenvalue weighted by Crippen LogP contribution is 2.30. The van der Waals surface area contributed by atoms with Crippen molar-refractivity contribution >= 4 is 39.7 Å². The quantitative estimate of drug-likeness (QED) is 0.526. The fraction of sp³-hybridized carbons (Fsp3) is 0.0588. The minimum absolute atomic E-state index is 0.336. The lowest BCUT2D eigenvalue weighted by Gasteiger charge is -2.04. The van der Waals surface area contributed by atoms with Crippen molar-refractivity contribution in [3.63, 3.8) is 0 Å². The van der Waals surface area contributed by atoms with Crippen molar-refractivity contribution in [3.05, 3.63) is 58.9 Å². The predicted molar refractivity (Wildman–Crippen MR) is 93.6 cm³/mol. The number of nitrogens with zero attached hydrogens (tertiary/aromatic N) is 1. The molecule has 1 aromatic heterocycles. The number of anilines is 2. The van der Waals surface area contributed by atoms with Gasteiger partial charge in [0.2, 0.25) is 0 Å². The lowest BCUT2D eigenvalue weighted by atomic mass is 10.2. The Morgan fingerprint density at radius 2 is 1.91 bits per heavy atom. The topological polar surface area (TPSA) is 51.2 Å². The number of nitrogens with one attached hydrogen (secondary N) is 1. The number of benzene rings is 2. The number of para-hydroxylation sites is 1. The van der Waals surface area contributed by atoms with Gasteiger partial charge >= 0.3 is 5.97 Å². The molecule has 3 aromatic rings. The van der Waals surface area contributed by atoms with Crippen molar-refractivity contribution in [2.45, 2.75) is 6.92 Å².